The minimum absolute atomic E-state index is 0.00135. The van der Waals surface area contributed by atoms with Crippen LogP contribution in [0.15, 0.2) is 12.1 Å². The molecule has 0 spiro atoms. The lowest BCUT2D eigenvalue weighted by Gasteiger charge is -2.09. The summed E-state index contributed by atoms with van der Waals surface area (Å²) in [5, 5.41) is 19.3. The van der Waals surface area contributed by atoms with E-state index >= 15 is 0 Å². The highest BCUT2D eigenvalue weighted by Gasteiger charge is 2.08. The average molecular weight is 250 g/mol. The molecule has 0 atom stereocenters. The van der Waals surface area contributed by atoms with Crippen molar-refractivity contribution in [2.75, 3.05) is 0 Å². The Morgan fingerprint density at radius 1 is 0.889 bits per heavy atom. The highest BCUT2D eigenvalue weighted by Crippen LogP contribution is 2.32. The molecule has 0 aromatic heterocycles. The van der Waals surface area contributed by atoms with Crippen LogP contribution >= 0.6 is 0 Å². The van der Waals surface area contributed by atoms with Gasteiger partial charge in [-0.25, -0.2) is 0 Å². The van der Waals surface area contributed by atoms with Crippen molar-refractivity contribution >= 4 is 0 Å². The van der Waals surface area contributed by atoms with Crippen LogP contribution in [-0.2, 0) is 6.42 Å². The molecule has 2 N–H and O–H groups in total. The minimum Gasteiger partial charge on any atom is -0.504 e. The van der Waals surface area contributed by atoms with Gasteiger partial charge in [0.05, 0.1) is 0 Å². The summed E-state index contributed by atoms with van der Waals surface area (Å²) in [6.07, 6.45) is 9.72. The van der Waals surface area contributed by atoms with Gasteiger partial charge in [-0.3, -0.25) is 0 Å². The summed E-state index contributed by atoms with van der Waals surface area (Å²) >= 11 is 0. The summed E-state index contributed by atoms with van der Waals surface area (Å²) in [7, 11) is 0. The third kappa shape index (κ3) is 4.59. The van der Waals surface area contributed by atoms with Crippen LogP contribution in [0.5, 0.6) is 11.5 Å². The van der Waals surface area contributed by atoms with Crippen LogP contribution in [0.25, 0.3) is 0 Å². The number of hydrogen-bond acceptors (Lipinski definition) is 2. The Hall–Kier alpha value is -1.18. The number of benzene rings is 1. The van der Waals surface area contributed by atoms with Crippen molar-refractivity contribution < 1.29 is 10.2 Å². The van der Waals surface area contributed by atoms with Crippen molar-refractivity contribution in [1.82, 2.24) is 0 Å². The molecule has 0 fully saturated rings. The zero-order valence-corrected chi connectivity index (χ0v) is 11.7. The average Bonchev–Trinajstić information content (AvgIpc) is 2.36. The highest BCUT2D eigenvalue weighted by atomic mass is 16.3. The molecular weight excluding hydrogens is 224 g/mol. The smallest absolute Gasteiger partial charge is 0.160 e. The van der Waals surface area contributed by atoms with Gasteiger partial charge in [0.25, 0.3) is 0 Å². The third-order valence-corrected chi connectivity index (χ3v) is 3.53. The normalized spacial score (nSPS) is 10.8. The Kier molecular flexibility index (Phi) is 6.63. The van der Waals surface area contributed by atoms with Crippen LogP contribution < -0.4 is 0 Å². The van der Waals surface area contributed by atoms with Gasteiger partial charge < -0.3 is 10.2 Å². The van der Waals surface area contributed by atoms with Gasteiger partial charge in [0.15, 0.2) is 11.5 Å². The molecule has 0 aliphatic rings. The summed E-state index contributed by atoms with van der Waals surface area (Å²) in [6.45, 7) is 4.21. The number of phenolic OH excluding ortho intramolecular Hbond substituents is 2. The van der Waals surface area contributed by atoms with Crippen LogP contribution in [0.4, 0.5) is 0 Å². The molecule has 102 valence electrons. The van der Waals surface area contributed by atoms with Crippen LogP contribution in [0, 0.1) is 6.92 Å². The van der Waals surface area contributed by atoms with Crippen molar-refractivity contribution in [3.05, 3.63) is 23.3 Å². The SMILES string of the molecule is CCCCCCCCCc1c(C)ccc(O)c1O. The van der Waals surface area contributed by atoms with E-state index in [-0.39, 0.29) is 11.5 Å². The van der Waals surface area contributed by atoms with Crippen LogP contribution in [0.1, 0.15) is 63.0 Å². The Bertz CT molecular complexity index is 358. The second kappa shape index (κ2) is 8.02. The van der Waals surface area contributed by atoms with Gasteiger partial charge in [0.2, 0.25) is 0 Å². The lowest BCUT2D eigenvalue weighted by molar-refractivity contribution is 0.398. The monoisotopic (exact) mass is 250 g/mol. The molecule has 1 aromatic carbocycles. The fourth-order valence-electron chi connectivity index (χ4n) is 2.30. The standard InChI is InChI=1S/C16H26O2/c1-3-4-5-6-7-8-9-10-14-13(2)11-12-15(17)16(14)18/h11-12,17-18H,3-10H2,1-2H3. The molecule has 0 aliphatic carbocycles. The second-order valence-electron chi connectivity index (χ2n) is 5.10. The van der Waals surface area contributed by atoms with Crippen molar-refractivity contribution in [1.29, 1.82) is 0 Å². The molecule has 0 saturated heterocycles. The molecule has 18 heavy (non-hydrogen) atoms. The molecule has 2 heteroatoms. The van der Waals surface area contributed by atoms with Gasteiger partial charge in [0, 0.05) is 5.56 Å². The van der Waals surface area contributed by atoms with E-state index in [2.05, 4.69) is 6.92 Å². The molecule has 1 aromatic rings. The molecule has 0 unspecified atom stereocenters. The van der Waals surface area contributed by atoms with Gasteiger partial charge in [-0.2, -0.15) is 0 Å². The zero-order valence-electron chi connectivity index (χ0n) is 11.7. The van der Waals surface area contributed by atoms with Crippen molar-refractivity contribution in [2.45, 2.75) is 65.2 Å². The highest BCUT2D eigenvalue weighted by molar-refractivity contribution is 5.48. The number of phenols is 2. The molecule has 2 nitrogen and oxygen atoms in total. The van der Waals surface area contributed by atoms with Crippen molar-refractivity contribution in [3.8, 4) is 11.5 Å². The van der Waals surface area contributed by atoms with E-state index in [1.54, 1.807) is 6.07 Å². The maximum absolute atomic E-state index is 9.80. The summed E-state index contributed by atoms with van der Waals surface area (Å²) < 4.78 is 0. The van der Waals surface area contributed by atoms with Crippen molar-refractivity contribution in [2.24, 2.45) is 0 Å². The summed E-state index contributed by atoms with van der Waals surface area (Å²) in [4.78, 5) is 0. The number of aryl methyl sites for hydroxylation is 1. The maximum Gasteiger partial charge on any atom is 0.160 e. The number of rotatable bonds is 8. The van der Waals surface area contributed by atoms with Crippen LogP contribution in [-0.4, -0.2) is 10.2 Å². The first-order valence-electron chi connectivity index (χ1n) is 7.17. The lowest BCUT2D eigenvalue weighted by Crippen LogP contribution is -1.91. The molecular formula is C16H26O2. The Balaban J connectivity index is 2.29. The Labute approximate surface area is 111 Å². The van der Waals surface area contributed by atoms with Crippen molar-refractivity contribution in [3.63, 3.8) is 0 Å². The fraction of sp³-hybridized carbons (Fsp3) is 0.625. The second-order valence-corrected chi connectivity index (χ2v) is 5.10. The third-order valence-electron chi connectivity index (χ3n) is 3.53. The van der Waals surface area contributed by atoms with E-state index in [9.17, 15) is 10.2 Å². The van der Waals surface area contributed by atoms with Gasteiger partial charge in [-0.05, 0) is 31.4 Å². The van der Waals surface area contributed by atoms with E-state index in [0.29, 0.717) is 0 Å². The minimum atomic E-state index is -0.00135. The number of unbranched alkanes of at least 4 members (excludes halogenated alkanes) is 6. The Morgan fingerprint density at radius 3 is 2.17 bits per heavy atom. The van der Waals surface area contributed by atoms with Gasteiger partial charge >= 0.3 is 0 Å². The molecule has 0 saturated carbocycles. The molecule has 1 rings (SSSR count). The van der Waals surface area contributed by atoms with E-state index in [1.165, 1.54) is 38.5 Å². The largest absolute Gasteiger partial charge is 0.504 e. The predicted molar refractivity (Wildman–Crippen MR) is 76.2 cm³/mol. The first-order valence-corrected chi connectivity index (χ1v) is 7.17. The predicted octanol–water partition coefficient (Wildman–Crippen LogP) is 4.70. The first kappa shape index (κ1) is 14.9. The molecule has 0 radical (unpaired) electrons. The zero-order chi connectivity index (χ0) is 13.4. The number of hydrogen-bond donors (Lipinski definition) is 2. The molecule has 0 aliphatic heterocycles. The molecule has 0 bridgehead atoms. The van der Waals surface area contributed by atoms with E-state index < -0.39 is 0 Å². The van der Waals surface area contributed by atoms with Gasteiger partial charge in [-0.15, -0.1) is 0 Å². The van der Waals surface area contributed by atoms with Crippen LogP contribution in [0.3, 0.4) is 0 Å². The van der Waals surface area contributed by atoms with E-state index in [1.807, 2.05) is 13.0 Å². The summed E-state index contributed by atoms with van der Waals surface area (Å²) in [5.41, 5.74) is 1.97. The quantitative estimate of drug-likeness (QED) is 0.518. The van der Waals surface area contributed by atoms with Gasteiger partial charge in [-0.1, -0.05) is 51.5 Å². The molecule has 0 amide bonds. The fourth-order valence-corrected chi connectivity index (χ4v) is 2.30. The first-order chi connectivity index (χ1) is 8.66. The van der Waals surface area contributed by atoms with E-state index in [0.717, 1.165) is 24.0 Å². The van der Waals surface area contributed by atoms with Gasteiger partial charge in [0.1, 0.15) is 0 Å². The Morgan fingerprint density at radius 2 is 1.50 bits per heavy atom. The summed E-state index contributed by atoms with van der Waals surface area (Å²) in [5.74, 6) is 0.0690. The van der Waals surface area contributed by atoms with E-state index in [4.69, 9.17) is 0 Å². The maximum atomic E-state index is 9.80. The topological polar surface area (TPSA) is 40.5 Å². The summed E-state index contributed by atoms with van der Waals surface area (Å²) in [6, 6.07) is 3.42. The number of aromatic hydroxyl groups is 2. The van der Waals surface area contributed by atoms with Crippen LogP contribution in [0.2, 0.25) is 0 Å². The lowest BCUT2D eigenvalue weighted by atomic mass is 9.99. The molecule has 0 heterocycles.